The van der Waals surface area contributed by atoms with Gasteiger partial charge in [0.05, 0.1) is 6.61 Å². The van der Waals surface area contributed by atoms with Crippen molar-refractivity contribution in [2.75, 3.05) is 13.2 Å². The minimum atomic E-state index is -0.853. The van der Waals surface area contributed by atoms with Crippen molar-refractivity contribution in [3.05, 3.63) is 39.7 Å². The van der Waals surface area contributed by atoms with Gasteiger partial charge < -0.3 is 18.6 Å². The minimum Gasteiger partial charge on any atom is -0.482 e. The average Bonchev–Trinajstić information content (AvgIpc) is 3.23. The Kier molecular flexibility index (Phi) is 3.91. The summed E-state index contributed by atoms with van der Waals surface area (Å²) in [5, 5.41) is 0.899. The number of hydrogen-bond donors (Lipinski definition) is 0. The second-order valence-corrected chi connectivity index (χ2v) is 6.08. The highest BCUT2D eigenvalue weighted by atomic mass is 16.6. The molecule has 0 spiro atoms. The summed E-state index contributed by atoms with van der Waals surface area (Å²) in [6, 6.07) is 5.14. The van der Waals surface area contributed by atoms with Crippen LogP contribution < -0.4 is 10.4 Å². The Hall–Kier alpha value is -2.83. The first-order valence-corrected chi connectivity index (χ1v) is 8.19. The lowest BCUT2D eigenvalue weighted by Crippen LogP contribution is -2.26. The van der Waals surface area contributed by atoms with Crippen LogP contribution in [0.1, 0.15) is 24.0 Å². The van der Waals surface area contributed by atoms with Crippen molar-refractivity contribution >= 4 is 22.9 Å². The van der Waals surface area contributed by atoms with Gasteiger partial charge in [-0.05, 0) is 37.0 Å². The maximum absolute atomic E-state index is 12.0. The summed E-state index contributed by atoms with van der Waals surface area (Å²) in [6.45, 7) is -0.0872. The zero-order valence-electron chi connectivity index (χ0n) is 13.4. The Morgan fingerprint density at radius 2 is 2.04 bits per heavy atom. The van der Waals surface area contributed by atoms with Crippen molar-refractivity contribution in [3.63, 3.8) is 0 Å². The van der Waals surface area contributed by atoms with E-state index in [1.54, 1.807) is 12.1 Å². The van der Waals surface area contributed by atoms with Crippen LogP contribution in [0, 0.1) is 0 Å². The van der Waals surface area contributed by atoms with Crippen LogP contribution in [0.25, 0.3) is 11.0 Å². The molecule has 0 amide bonds. The molecule has 0 unspecified atom stereocenters. The van der Waals surface area contributed by atoms with Crippen LogP contribution in [0.15, 0.2) is 27.4 Å². The fourth-order valence-electron chi connectivity index (χ4n) is 3.27. The Morgan fingerprint density at radius 1 is 1.20 bits per heavy atom. The Morgan fingerprint density at radius 3 is 2.84 bits per heavy atom. The van der Waals surface area contributed by atoms with Gasteiger partial charge in [0.2, 0.25) is 6.10 Å². The van der Waals surface area contributed by atoms with Gasteiger partial charge in [-0.25, -0.2) is 14.4 Å². The summed E-state index contributed by atoms with van der Waals surface area (Å²) < 4.78 is 20.5. The van der Waals surface area contributed by atoms with Crippen LogP contribution in [-0.4, -0.2) is 31.3 Å². The number of ether oxygens (including phenoxy) is 3. The standard InChI is InChI=1S/C18H16O7/c19-16(24-14-6-7-22-18(14)21)9-23-10-4-5-12-11-2-1-3-13(11)17(20)25-15(12)8-10/h4-5,8,14H,1-3,6-7,9H2/t14-/m1/s1. The van der Waals surface area contributed by atoms with Crippen molar-refractivity contribution in [1.82, 2.24) is 0 Å². The Bertz CT molecular complexity index is 912. The summed E-state index contributed by atoms with van der Waals surface area (Å²) in [4.78, 5) is 35.0. The number of carbonyl (C=O) groups excluding carboxylic acids is 2. The third-order valence-corrected chi connectivity index (χ3v) is 4.46. The third-order valence-electron chi connectivity index (χ3n) is 4.46. The lowest BCUT2D eigenvalue weighted by molar-refractivity contribution is -0.161. The van der Waals surface area contributed by atoms with E-state index in [-0.39, 0.29) is 18.8 Å². The number of rotatable bonds is 4. The van der Waals surface area contributed by atoms with Gasteiger partial charge in [-0.3, -0.25) is 0 Å². The van der Waals surface area contributed by atoms with Gasteiger partial charge in [-0.2, -0.15) is 0 Å². The summed E-state index contributed by atoms with van der Waals surface area (Å²) >= 11 is 0. The fourth-order valence-corrected chi connectivity index (χ4v) is 3.27. The molecule has 7 nitrogen and oxygen atoms in total. The zero-order chi connectivity index (χ0) is 17.4. The van der Waals surface area contributed by atoms with E-state index in [9.17, 15) is 14.4 Å². The van der Waals surface area contributed by atoms with E-state index >= 15 is 0 Å². The smallest absolute Gasteiger partial charge is 0.347 e. The second-order valence-electron chi connectivity index (χ2n) is 6.08. The van der Waals surface area contributed by atoms with Gasteiger partial charge >= 0.3 is 17.6 Å². The van der Waals surface area contributed by atoms with Crippen molar-refractivity contribution in [2.45, 2.75) is 31.8 Å². The van der Waals surface area contributed by atoms with Gasteiger partial charge in [0.1, 0.15) is 11.3 Å². The number of cyclic esters (lactones) is 1. The predicted octanol–water partition coefficient (Wildman–Crippen LogP) is 1.52. The average molecular weight is 344 g/mol. The molecule has 1 aromatic heterocycles. The second kappa shape index (κ2) is 6.23. The lowest BCUT2D eigenvalue weighted by Gasteiger charge is -2.10. The molecule has 0 radical (unpaired) electrons. The first-order valence-electron chi connectivity index (χ1n) is 8.19. The zero-order valence-corrected chi connectivity index (χ0v) is 13.4. The molecule has 2 aliphatic rings. The molecular formula is C18H16O7. The van der Waals surface area contributed by atoms with Crippen molar-refractivity contribution in [2.24, 2.45) is 0 Å². The van der Waals surface area contributed by atoms with Crippen molar-refractivity contribution < 1.29 is 28.2 Å². The van der Waals surface area contributed by atoms with Gasteiger partial charge in [-0.1, -0.05) is 0 Å². The van der Waals surface area contributed by atoms with Crippen LogP contribution in [-0.2, 0) is 31.9 Å². The molecule has 1 saturated heterocycles. The first-order chi connectivity index (χ1) is 12.1. The highest BCUT2D eigenvalue weighted by Crippen LogP contribution is 2.29. The summed E-state index contributed by atoms with van der Waals surface area (Å²) in [5.41, 5.74) is 1.93. The van der Waals surface area contributed by atoms with Crippen LogP contribution in [0.2, 0.25) is 0 Å². The number of aryl methyl sites for hydroxylation is 1. The maximum atomic E-state index is 12.0. The number of esters is 2. The number of carbonyl (C=O) groups is 2. The summed E-state index contributed by atoms with van der Waals surface area (Å²) in [5.74, 6) is -0.798. The van der Waals surface area contributed by atoms with E-state index in [1.165, 1.54) is 0 Å². The molecule has 1 aliphatic heterocycles. The molecule has 4 rings (SSSR count). The summed E-state index contributed by atoms with van der Waals surface area (Å²) in [7, 11) is 0. The van der Waals surface area contributed by atoms with Crippen LogP contribution in [0.4, 0.5) is 0 Å². The van der Waals surface area contributed by atoms with E-state index in [0.717, 1.165) is 35.8 Å². The lowest BCUT2D eigenvalue weighted by atomic mass is 10.1. The molecule has 2 aromatic rings. The van der Waals surface area contributed by atoms with E-state index in [4.69, 9.17) is 18.6 Å². The Balaban J connectivity index is 1.47. The van der Waals surface area contributed by atoms with Crippen LogP contribution in [0.3, 0.4) is 0 Å². The number of benzene rings is 1. The molecule has 25 heavy (non-hydrogen) atoms. The molecule has 0 N–H and O–H groups in total. The molecule has 1 aromatic carbocycles. The monoisotopic (exact) mass is 344 g/mol. The third kappa shape index (κ3) is 2.97. The number of fused-ring (bicyclic) bond motifs is 3. The molecule has 0 saturated carbocycles. The van der Waals surface area contributed by atoms with E-state index in [0.29, 0.717) is 17.8 Å². The van der Waals surface area contributed by atoms with Gasteiger partial charge in [-0.15, -0.1) is 0 Å². The molecule has 1 aliphatic carbocycles. The van der Waals surface area contributed by atoms with Crippen LogP contribution in [0.5, 0.6) is 5.75 Å². The van der Waals surface area contributed by atoms with Crippen LogP contribution >= 0.6 is 0 Å². The Labute approximate surface area is 142 Å². The van der Waals surface area contributed by atoms with E-state index < -0.39 is 18.0 Å². The minimum absolute atomic E-state index is 0.256. The molecular weight excluding hydrogens is 328 g/mol. The SMILES string of the molecule is O=C(COc1ccc2c3c(c(=O)oc2c1)CCC3)O[C@@H]1CCOC1=O. The molecule has 1 atom stereocenters. The first kappa shape index (κ1) is 15.7. The molecule has 2 heterocycles. The predicted molar refractivity (Wildman–Crippen MR) is 85.5 cm³/mol. The van der Waals surface area contributed by atoms with Crippen molar-refractivity contribution in [1.29, 1.82) is 0 Å². The largest absolute Gasteiger partial charge is 0.482 e. The van der Waals surface area contributed by atoms with E-state index in [1.807, 2.05) is 6.07 Å². The molecule has 7 heteroatoms. The van der Waals surface area contributed by atoms with Gasteiger partial charge in [0.15, 0.2) is 6.61 Å². The topological polar surface area (TPSA) is 92.0 Å². The molecule has 0 bridgehead atoms. The maximum Gasteiger partial charge on any atom is 0.347 e. The molecule has 130 valence electrons. The van der Waals surface area contributed by atoms with Gasteiger partial charge in [0.25, 0.3) is 0 Å². The molecule has 1 fully saturated rings. The summed E-state index contributed by atoms with van der Waals surface area (Å²) in [6.07, 6.45) is 2.07. The van der Waals surface area contributed by atoms with Gasteiger partial charge in [0, 0.05) is 23.4 Å². The van der Waals surface area contributed by atoms with Crippen molar-refractivity contribution in [3.8, 4) is 5.75 Å². The van der Waals surface area contributed by atoms with E-state index in [2.05, 4.69) is 0 Å². The highest BCUT2D eigenvalue weighted by molar-refractivity contribution is 5.83. The highest BCUT2D eigenvalue weighted by Gasteiger charge is 2.30. The normalized spacial score (nSPS) is 18.9. The number of hydrogen-bond acceptors (Lipinski definition) is 7. The fraction of sp³-hybridized carbons (Fsp3) is 0.389. The quantitative estimate of drug-likeness (QED) is 0.613.